The van der Waals surface area contributed by atoms with E-state index in [2.05, 4.69) is 0 Å². The van der Waals surface area contributed by atoms with Crippen molar-refractivity contribution in [2.45, 2.75) is 32.8 Å². The van der Waals surface area contributed by atoms with Crippen LogP contribution in [0.5, 0.6) is 0 Å². The van der Waals surface area contributed by atoms with Gasteiger partial charge in [0.15, 0.2) is 0 Å². The Hall–Kier alpha value is -1.91. The summed E-state index contributed by atoms with van der Waals surface area (Å²) in [6.45, 7) is 3.80. The molecule has 0 spiro atoms. The van der Waals surface area contributed by atoms with Crippen LogP contribution in [0, 0.1) is 10.1 Å². The third kappa shape index (κ3) is 3.86. The maximum atomic E-state index is 11.7. The summed E-state index contributed by atoms with van der Waals surface area (Å²) in [5.41, 5.74) is 0.102. The van der Waals surface area contributed by atoms with Gasteiger partial charge < -0.3 is 4.74 Å². The van der Waals surface area contributed by atoms with E-state index < -0.39 is 10.9 Å². The first kappa shape index (κ1) is 13.2. The number of hydrogen-bond acceptors (Lipinski definition) is 4. The summed E-state index contributed by atoms with van der Waals surface area (Å²) < 4.78 is 5.15. The Morgan fingerprint density at radius 2 is 2.24 bits per heavy atom. The molecular formula is C12H15NO4. The second kappa shape index (κ2) is 5.98. The molecule has 0 saturated carbocycles. The fourth-order valence-corrected chi connectivity index (χ4v) is 1.46. The van der Waals surface area contributed by atoms with Crippen LogP contribution in [-0.2, 0) is 4.74 Å². The molecule has 0 aliphatic carbocycles. The average molecular weight is 237 g/mol. The fourth-order valence-electron chi connectivity index (χ4n) is 1.46. The molecule has 0 aliphatic rings. The Kier molecular flexibility index (Phi) is 4.63. The van der Waals surface area contributed by atoms with Crippen LogP contribution in [0.15, 0.2) is 24.3 Å². The third-order valence-corrected chi connectivity index (χ3v) is 2.30. The van der Waals surface area contributed by atoms with Crippen molar-refractivity contribution in [3.05, 3.63) is 39.9 Å². The highest BCUT2D eigenvalue weighted by molar-refractivity contribution is 5.90. The van der Waals surface area contributed by atoms with Gasteiger partial charge in [0.1, 0.15) is 0 Å². The van der Waals surface area contributed by atoms with Gasteiger partial charge in [-0.2, -0.15) is 0 Å². The molecule has 0 aliphatic heterocycles. The Morgan fingerprint density at radius 1 is 1.53 bits per heavy atom. The average Bonchev–Trinajstić information content (AvgIpc) is 2.29. The highest BCUT2D eigenvalue weighted by Gasteiger charge is 2.14. The molecule has 0 fully saturated rings. The SMILES string of the molecule is CCCC(C)OC(=O)c1cccc([N+](=O)[O-])c1. The molecule has 0 radical (unpaired) electrons. The van der Waals surface area contributed by atoms with Crippen molar-refractivity contribution in [3.8, 4) is 0 Å². The van der Waals surface area contributed by atoms with Crippen LogP contribution in [0.3, 0.4) is 0 Å². The summed E-state index contributed by atoms with van der Waals surface area (Å²) in [5.74, 6) is -0.519. The molecule has 1 aromatic carbocycles. The molecule has 1 unspecified atom stereocenters. The zero-order valence-electron chi connectivity index (χ0n) is 9.88. The van der Waals surface area contributed by atoms with Gasteiger partial charge >= 0.3 is 5.97 Å². The van der Waals surface area contributed by atoms with Gasteiger partial charge in [0, 0.05) is 12.1 Å². The second-order valence-corrected chi connectivity index (χ2v) is 3.81. The minimum atomic E-state index is -0.535. The summed E-state index contributed by atoms with van der Waals surface area (Å²) in [4.78, 5) is 21.7. The standard InChI is InChI=1S/C12H15NO4/c1-3-5-9(2)17-12(14)10-6-4-7-11(8-10)13(15)16/h4,6-9H,3,5H2,1-2H3. The van der Waals surface area contributed by atoms with E-state index in [1.807, 2.05) is 6.92 Å². The van der Waals surface area contributed by atoms with Crippen molar-refractivity contribution >= 4 is 11.7 Å². The Balaban J connectivity index is 2.75. The molecule has 1 aromatic rings. The number of non-ortho nitro benzene ring substituents is 1. The number of hydrogen-bond donors (Lipinski definition) is 0. The van der Waals surface area contributed by atoms with Crippen LogP contribution in [-0.4, -0.2) is 17.0 Å². The maximum Gasteiger partial charge on any atom is 0.338 e. The number of nitrogens with zero attached hydrogens (tertiary/aromatic N) is 1. The molecule has 5 nitrogen and oxygen atoms in total. The Bertz CT molecular complexity index is 417. The topological polar surface area (TPSA) is 69.4 Å². The lowest BCUT2D eigenvalue weighted by Gasteiger charge is -2.11. The van der Waals surface area contributed by atoms with Crippen molar-refractivity contribution in [2.75, 3.05) is 0 Å². The van der Waals surface area contributed by atoms with Gasteiger partial charge in [-0.15, -0.1) is 0 Å². The molecule has 0 amide bonds. The van der Waals surface area contributed by atoms with Gasteiger partial charge in [-0.25, -0.2) is 4.79 Å². The number of benzene rings is 1. The Labute approximate surface area is 99.5 Å². The van der Waals surface area contributed by atoms with Crippen LogP contribution >= 0.6 is 0 Å². The molecule has 17 heavy (non-hydrogen) atoms. The smallest absolute Gasteiger partial charge is 0.338 e. The third-order valence-electron chi connectivity index (χ3n) is 2.30. The summed E-state index contributed by atoms with van der Waals surface area (Å²) in [5, 5.41) is 10.6. The lowest BCUT2D eigenvalue weighted by molar-refractivity contribution is -0.384. The summed E-state index contributed by atoms with van der Waals surface area (Å²) in [7, 11) is 0. The fraction of sp³-hybridized carbons (Fsp3) is 0.417. The summed E-state index contributed by atoms with van der Waals surface area (Å²) in [6.07, 6.45) is 1.52. The van der Waals surface area contributed by atoms with Crippen LogP contribution in [0.4, 0.5) is 5.69 Å². The molecule has 1 atom stereocenters. The predicted molar refractivity (Wildman–Crippen MR) is 62.9 cm³/mol. The van der Waals surface area contributed by atoms with Gasteiger partial charge in [0.05, 0.1) is 16.6 Å². The molecule has 1 rings (SSSR count). The van der Waals surface area contributed by atoms with Gasteiger partial charge in [-0.3, -0.25) is 10.1 Å². The Morgan fingerprint density at radius 3 is 2.82 bits per heavy atom. The van der Waals surface area contributed by atoms with E-state index in [9.17, 15) is 14.9 Å². The molecule has 0 N–H and O–H groups in total. The zero-order valence-corrected chi connectivity index (χ0v) is 9.88. The van der Waals surface area contributed by atoms with Crippen LogP contribution in [0.1, 0.15) is 37.0 Å². The van der Waals surface area contributed by atoms with Crippen molar-refractivity contribution in [1.29, 1.82) is 0 Å². The molecular weight excluding hydrogens is 222 g/mol. The molecule has 0 saturated heterocycles. The number of carbonyl (C=O) groups excluding carboxylic acids is 1. The van der Waals surface area contributed by atoms with Gasteiger partial charge in [0.2, 0.25) is 0 Å². The van der Waals surface area contributed by atoms with Crippen LogP contribution < -0.4 is 0 Å². The van der Waals surface area contributed by atoms with E-state index in [0.717, 1.165) is 12.8 Å². The first-order chi connectivity index (χ1) is 8.04. The van der Waals surface area contributed by atoms with Gasteiger partial charge in [0.25, 0.3) is 5.69 Å². The highest BCUT2D eigenvalue weighted by Crippen LogP contribution is 2.15. The van der Waals surface area contributed by atoms with E-state index in [1.54, 1.807) is 6.92 Å². The number of nitro benzene ring substituents is 1. The predicted octanol–water partition coefficient (Wildman–Crippen LogP) is 2.94. The number of ether oxygens (including phenoxy) is 1. The van der Waals surface area contributed by atoms with Crippen LogP contribution in [0.25, 0.3) is 0 Å². The van der Waals surface area contributed by atoms with E-state index >= 15 is 0 Å². The molecule has 0 heterocycles. The minimum Gasteiger partial charge on any atom is -0.459 e. The monoisotopic (exact) mass is 237 g/mol. The highest BCUT2D eigenvalue weighted by atomic mass is 16.6. The van der Waals surface area contributed by atoms with E-state index in [4.69, 9.17) is 4.74 Å². The number of nitro groups is 1. The molecule has 0 bridgehead atoms. The zero-order chi connectivity index (χ0) is 12.8. The quantitative estimate of drug-likeness (QED) is 0.448. The first-order valence-electron chi connectivity index (χ1n) is 5.50. The van der Waals surface area contributed by atoms with E-state index in [-0.39, 0.29) is 17.4 Å². The minimum absolute atomic E-state index is 0.109. The number of esters is 1. The van der Waals surface area contributed by atoms with Gasteiger partial charge in [-0.05, 0) is 19.4 Å². The maximum absolute atomic E-state index is 11.7. The van der Waals surface area contributed by atoms with Gasteiger partial charge in [-0.1, -0.05) is 19.4 Å². The van der Waals surface area contributed by atoms with E-state index in [0.29, 0.717) is 0 Å². The summed E-state index contributed by atoms with van der Waals surface area (Å²) >= 11 is 0. The van der Waals surface area contributed by atoms with Crippen molar-refractivity contribution in [1.82, 2.24) is 0 Å². The van der Waals surface area contributed by atoms with E-state index in [1.165, 1.54) is 24.3 Å². The lowest BCUT2D eigenvalue weighted by Crippen LogP contribution is -2.14. The normalized spacial score (nSPS) is 11.9. The molecule has 5 heteroatoms. The second-order valence-electron chi connectivity index (χ2n) is 3.81. The van der Waals surface area contributed by atoms with Crippen LogP contribution in [0.2, 0.25) is 0 Å². The van der Waals surface area contributed by atoms with Crippen molar-refractivity contribution < 1.29 is 14.5 Å². The lowest BCUT2D eigenvalue weighted by atomic mass is 10.2. The summed E-state index contributed by atoms with van der Waals surface area (Å²) in [6, 6.07) is 5.54. The largest absolute Gasteiger partial charge is 0.459 e. The number of rotatable bonds is 5. The van der Waals surface area contributed by atoms with Crippen molar-refractivity contribution in [2.24, 2.45) is 0 Å². The van der Waals surface area contributed by atoms with Crippen molar-refractivity contribution in [3.63, 3.8) is 0 Å². The molecule has 0 aromatic heterocycles. The first-order valence-corrected chi connectivity index (χ1v) is 5.50. The number of carbonyl (C=O) groups is 1. The molecule has 92 valence electrons.